The lowest BCUT2D eigenvalue weighted by molar-refractivity contribution is 0.102. The van der Waals surface area contributed by atoms with Gasteiger partial charge in [0.15, 0.2) is 5.82 Å². The van der Waals surface area contributed by atoms with Gasteiger partial charge in [0.05, 0.1) is 26.6 Å². The summed E-state index contributed by atoms with van der Waals surface area (Å²) < 4.78 is 50.8. The number of hydrogen-bond donors (Lipinski definition) is 2. The number of aromatic amines is 1. The van der Waals surface area contributed by atoms with Gasteiger partial charge >= 0.3 is 0 Å². The van der Waals surface area contributed by atoms with Crippen molar-refractivity contribution in [1.29, 1.82) is 0 Å². The molecule has 0 atom stereocenters. The summed E-state index contributed by atoms with van der Waals surface area (Å²) in [5, 5.41) is 2.59. The van der Waals surface area contributed by atoms with Crippen LogP contribution in [0.3, 0.4) is 0 Å². The van der Waals surface area contributed by atoms with Crippen molar-refractivity contribution in [2.45, 2.75) is 17.1 Å². The second-order valence-electron chi connectivity index (χ2n) is 5.10. The van der Waals surface area contributed by atoms with E-state index in [1.165, 1.54) is 36.4 Å². The average Bonchev–Trinajstić information content (AvgIpc) is 3.01. The van der Waals surface area contributed by atoms with Gasteiger partial charge in [-0.2, -0.15) is 8.78 Å². The molecule has 0 fully saturated rings. The van der Waals surface area contributed by atoms with Crippen molar-refractivity contribution in [3.8, 4) is 0 Å². The summed E-state index contributed by atoms with van der Waals surface area (Å²) in [6.45, 7) is 0. The molecule has 0 radical (unpaired) electrons. The van der Waals surface area contributed by atoms with Gasteiger partial charge in [0.1, 0.15) is 0 Å². The highest BCUT2D eigenvalue weighted by Gasteiger charge is 2.17. The Kier molecular flexibility index (Phi) is 5.38. The minimum absolute atomic E-state index is 0.0418. The molecule has 0 saturated heterocycles. The molecule has 1 heterocycles. The van der Waals surface area contributed by atoms with Crippen LogP contribution in [-0.2, 0) is 0 Å². The first-order valence-electron chi connectivity index (χ1n) is 7.17. The number of anilines is 1. The highest BCUT2D eigenvalue weighted by atomic mass is 35.5. The molecule has 2 N–H and O–H groups in total. The van der Waals surface area contributed by atoms with Gasteiger partial charge in [-0.05, 0) is 30.3 Å². The predicted octanol–water partition coefficient (Wildman–Crippen LogP) is 5.72. The van der Waals surface area contributed by atoms with Gasteiger partial charge in [-0.3, -0.25) is 4.79 Å². The lowest BCUT2D eigenvalue weighted by atomic mass is 10.2. The monoisotopic (exact) mass is 403 g/mol. The van der Waals surface area contributed by atoms with Gasteiger partial charge in [0, 0.05) is 5.56 Å². The van der Waals surface area contributed by atoms with Crippen molar-refractivity contribution < 1.29 is 22.4 Å². The molecular weight excluding hydrogens is 394 g/mol. The summed E-state index contributed by atoms with van der Waals surface area (Å²) in [6, 6.07) is 8.56. The predicted molar refractivity (Wildman–Crippen MR) is 92.3 cm³/mol. The Morgan fingerprint density at radius 1 is 1.19 bits per heavy atom. The van der Waals surface area contributed by atoms with Gasteiger partial charge in [0.25, 0.3) is 18.1 Å². The second kappa shape index (κ2) is 7.55. The van der Waals surface area contributed by atoms with E-state index < -0.39 is 23.9 Å². The Morgan fingerprint density at radius 3 is 2.65 bits per heavy atom. The summed E-state index contributed by atoms with van der Waals surface area (Å²) in [6.07, 6.45) is -2.76. The molecule has 0 unspecified atom stereocenters. The molecular formula is C16H10ClF4N3OS. The van der Waals surface area contributed by atoms with Gasteiger partial charge in [0.2, 0.25) is 0 Å². The van der Waals surface area contributed by atoms with E-state index in [-0.39, 0.29) is 44.0 Å². The Balaban J connectivity index is 1.88. The quantitative estimate of drug-likeness (QED) is 0.423. The number of imidazole rings is 1. The number of fused-ring (bicyclic) bond motifs is 1. The number of amides is 1. The number of alkyl halides is 4. The fraction of sp³-hybridized carbons (Fsp3) is 0.125. The third-order valence-corrected chi connectivity index (χ3v) is 4.67. The molecule has 4 nitrogen and oxygen atoms in total. The fourth-order valence-corrected chi connectivity index (χ4v) is 3.20. The van der Waals surface area contributed by atoms with Crippen molar-refractivity contribution in [3.05, 3.63) is 52.8 Å². The Bertz CT molecular complexity index is 964. The van der Waals surface area contributed by atoms with Crippen LogP contribution in [0.1, 0.15) is 22.6 Å². The van der Waals surface area contributed by atoms with Crippen LogP contribution in [0.4, 0.5) is 23.2 Å². The summed E-state index contributed by atoms with van der Waals surface area (Å²) >= 11 is 6.14. The highest BCUT2D eigenvalue weighted by molar-refractivity contribution is 7.99. The van der Waals surface area contributed by atoms with Crippen LogP contribution in [-0.4, -0.2) is 21.6 Å². The summed E-state index contributed by atoms with van der Waals surface area (Å²) in [4.78, 5) is 18.6. The smallest absolute Gasteiger partial charge is 0.295 e. The van der Waals surface area contributed by atoms with Crippen LogP contribution in [0.5, 0.6) is 0 Å². The number of benzene rings is 2. The molecule has 0 aliphatic heterocycles. The minimum Gasteiger partial charge on any atom is -0.337 e. The van der Waals surface area contributed by atoms with Crippen LogP contribution in [0.2, 0.25) is 5.02 Å². The number of thioether (sulfide) groups is 1. The summed E-state index contributed by atoms with van der Waals surface area (Å²) in [5.41, 5.74) is 0.829. The third kappa shape index (κ3) is 3.94. The molecule has 1 amide bonds. The third-order valence-electron chi connectivity index (χ3n) is 3.39. The van der Waals surface area contributed by atoms with Crippen LogP contribution >= 0.6 is 23.4 Å². The number of hydrogen-bond acceptors (Lipinski definition) is 3. The van der Waals surface area contributed by atoms with E-state index in [0.29, 0.717) is 0 Å². The lowest BCUT2D eigenvalue weighted by Crippen LogP contribution is -2.12. The first-order valence-corrected chi connectivity index (χ1v) is 8.43. The zero-order valence-corrected chi connectivity index (χ0v) is 14.3. The highest BCUT2D eigenvalue weighted by Crippen LogP contribution is 2.37. The summed E-state index contributed by atoms with van der Waals surface area (Å²) in [5.74, 6) is -3.80. The van der Waals surface area contributed by atoms with Gasteiger partial charge in [-0.15, -0.1) is 0 Å². The number of rotatable bonds is 5. The van der Waals surface area contributed by atoms with Crippen LogP contribution in [0, 0.1) is 0 Å². The Labute approximate surface area is 153 Å². The van der Waals surface area contributed by atoms with Crippen molar-refractivity contribution in [1.82, 2.24) is 9.97 Å². The number of halogens is 5. The number of aromatic nitrogens is 2. The molecule has 3 aromatic rings. The van der Waals surface area contributed by atoms with E-state index in [4.69, 9.17) is 11.6 Å². The van der Waals surface area contributed by atoms with E-state index in [1.807, 2.05) is 0 Å². The molecule has 10 heteroatoms. The van der Waals surface area contributed by atoms with E-state index >= 15 is 0 Å². The largest absolute Gasteiger partial charge is 0.337 e. The topological polar surface area (TPSA) is 57.8 Å². The Morgan fingerprint density at radius 2 is 1.96 bits per heavy atom. The zero-order chi connectivity index (χ0) is 18.8. The number of carbonyl (C=O) groups is 1. The second-order valence-corrected chi connectivity index (χ2v) is 6.51. The molecule has 0 spiro atoms. The zero-order valence-electron chi connectivity index (χ0n) is 12.8. The van der Waals surface area contributed by atoms with Gasteiger partial charge in [-0.25, -0.2) is 13.8 Å². The van der Waals surface area contributed by atoms with E-state index in [0.717, 1.165) is 0 Å². The van der Waals surface area contributed by atoms with Crippen LogP contribution < -0.4 is 5.32 Å². The molecule has 26 heavy (non-hydrogen) atoms. The van der Waals surface area contributed by atoms with Crippen molar-refractivity contribution in [3.63, 3.8) is 0 Å². The van der Waals surface area contributed by atoms with E-state index in [9.17, 15) is 22.4 Å². The molecule has 136 valence electrons. The molecule has 0 aliphatic rings. The number of nitrogens with one attached hydrogen (secondary N) is 2. The molecule has 0 aliphatic carbocycles. The standard InChI is InChI=1S/C16H10ClF4N3OS/c17-8-2-1-3-10(12(8)26-16(20)21)24-15(25)7-4-5-9-11(6-7)23-14(22-9)13(18)19/h1-6,13,16H,(H,22,23)(H,24,25). The normalized spacial score (nSPS) is 11.5. The number of nitrogens with zero attached hydrogens (tertiary/aromatic N) is 1. The first-order chi connectivity index (χ1) is 12.3. The van der Waals surface area contributed by atoms with E-state index in [1.54, 1.807) is 0 Å². The van der Waals surface area contributed by atoms with Gasteiger partial charge in [-0.1, -0.05) is 29.4 Å². The number of H-pyrrole nitrogens is 1. The van der Waals surface area contributed by atoms with Crippen molar-refractivity contribution in [2.75, 3.05) is 5.32 Å². The minimum atomic E-state index is -2.76. The maximum Gasteiger partial charge on any atom is 0.295 e. The molecule has 0 saturated carbocycles. The Hall–Kier alpha value is -2.26. The maximum atomic E-state index is 12.7. The molecule has 3 rings (SSSR count). The fourth-order valence-electron chi connectivity index (χ4n) is 2.28. The SMILES string of the molecule is O=C(Nc1cccc(Cl)c1SC(F)F)c1ccc2nc(C(F)F)[nH]c2c1. The van der Waals surface area contributed by atoms with E-state index in [2.05, 4.69) is 15.3 Å². The van der Waals surface area contributed by atoms with Crippen LogP contribution in [0.15, 0.2) is 41.3 Å². The van der Waals surface area contributed by atoms with Crippen LogP contribution in [0.25, 0.3) is 11.0 Å². The molecule has 2 aromatic carbocycles. The first kappa shape index (κ1) is 18.5. The van der Waals surface area contributed by atoms with Crippen molar-refractivity contribution >= 4 is 46.0 Å². The average molecular weight is 404 g/mol. The number of carbonyl (C=O) groups excluding carboxylic acids is 1. The lowest BCUT2D eigenvalue weighted by Gasteiger charge is -2.12. The van der Waals surface area contributed by atoms with Gasteiger partial charge < -0.3 is 10.3 Å². The maximum absolute atomic E-state index is 12.7. The molecule has 0 bridgehead atoms. The van der Waals surface area contributed by atoms with Crippen molar-refractivity contribution in [2.24, 2.45) is 0 Å². The molecule has 1 aromatic heterocycles. The summed E-state index contributed by atoms with van der Waals surface area (Å²) in [7, 11) is 0.